The van der Waals surface area contributed by atoms with E-state index in [9.17, 15) is 5.11 Å². The van der Waals surface area contributed by atoms with Crippen LogP contribution in [0, 0.1) is 0 Å². The molecule has 3 heterocycles. The summed E-state index contributed by atoms with van der Waals surface area (Å²) in [6.07, 6.45) is -14.6. The second kappa shape index (κ2) is 39.5. The van der Waals surface area contributed by atoms with Gasteiger partial charge in [0, 0.05) is 0 Å². The average molecular weight is 1390 g/mol. The Hall–Kier alpha value is -8.12. The van der Waals surface area contributed by atoms with Crippen molar-refractivity contribution in [1.29, 1.82) is 0 Å². The molecular weight excluding hydrogens is 1290 g/mol. The number of hydrogen-bond acceptors (Lipinski definition) is 17. The zero-order valence-corrected chi connectivity index (χ0v) is 57.5. The van der Waals surface area contributed by atoms with Crippen molar-refractivity contribution in [3.8, 4) is 5.75 Å². The molecule has 15 atom stereocenters. The van der Waals surface area contributed by atoms with Gasteiger partial charge in [-0.15, -0.1) is 6.58 Å². The number of rotatable bonds is 38. The van der Waals surface area contributed by atoms with Crippen molar-refractivity contribution in [1.82, 2.24) is 0 Å². The van der Waals surface area contributed by atoms with E-state index in [1.807, 2.05) is 267 Å². The number of methoxy groups -OCH3 is 1. The third kappa shape index (κ3) is 21.5. The molecule has 0 bridgehead atoms. The van der Waals surface area contributed by atoms with Crippen LogP contribution in [0.15, 0.2) is 280 Å². The van der Waals surface area contributed by atoms with Crippen molar-refractivity contribution in [2.75, 3.05) is 33.5 Å². The lowest BCUT2D eigenvalue weighted by Gasteiger charge is -2.51. The molecular formula is C85H92O17. The number of hydrogen-bond donors (Lipinski definition) is 1. The second-order valence-corrected chi connectivity index (χ2v) is 25.4. The van der Waals surface area contributed by atoms with Crippen molar-refractivity contribution >= 4 is 0 Å². The summed E-state index contributed by atoms with van der Waals surface area (Å²) in [6, 6.07) is 86.7. The molecule has 12 rings (SSSR count). The Balaban J connectivity index is 0.976. The summed E-state index contributed by atoms with van der Waals surface area (Å²) < 4.78 is 112. The second-order valence-electron chi connectivity index (χ2n) is 25.4. The van der Waals surface area contributed by atoms with Gasteiger partial charge in [0.2, 0.25) is 0 Å². The normalized spacial score (nSPS) is 25.0. The molecule has 0 amide bonds. The summed E-state index contributed by atoms with van der Waals surface area (Å²) in [5.74, 6) is 0.681. The fourth-order valence-electron chi connectivity index (χ4n) is 12.7. The third-order valence-electron chi connectivity index (χ3n) is 18.0. The molecule has 0 unspecified atom stereocenters. The van der Waals surface area contributed by atoms with Crippen molar-refractivity contribution in [3.05, 3.63) is 330 Å². The lowest BCUT2D eigenvalue weighted by molar-refractivity contribution is -0.394. The van der Waals surface area contributed by atoms with Crippen LogP contribution in [-0.2, 0) is 131 Å². The van der Waals surface area contributed by atoms with E-state index in [-0.39, 0.29) is 85.9 Å². The van der Waals surface area contributed by atoms with Crippen LogP contribution in [0.4, 0.5) is 0 Å². The Bertz CT molecular complexity index is 3760. The van der Waals surface area contributed by atoms with Gasteiger partial charge < -0.3 is 80.9 Å². The van der Waals surface area contributed by atoms with E-state index < -0.39 is 92.1 Å². The Morgan fingerprint density at radius 3 is 0.892 bits per heavy atom. The minimum atomic E-state index is -1.32. The molecule has 9 aromatic rings. The van der Waals surface area contributed by atoms with Crippen LogP contribution in [0.5, 0.6) is 5.75 Å². The number of aliphatic hydroxyl groups excluding tert-OH is 1. The molecule has 1 N–H and O–H groups in total. The monoisotopic (exact) mass is 1380 g/mol. The Morgan fingerprint density at radius 1 is 0.294 bits per heavy atom. The van der Waals surface area contributed by atoms with Gasteiger partial charge in [0.05, 0.1) is 93.0 Å². The van der Waals surface area contributed by atoms with Gasteiger partial charge in [0.15, 0.2) is 18.9 Å². The van der Waals surface area contributed by atoms with E-state index in [2.05, 4.69) is 6.58 Å². The third-order valence-corrected chi connectivity index (χ3v) is 18.0. The van der Waals surface area contributed by atoms with Gasteiger partial charge in [-0.25, -0.2) is 0 Å². The summed E-state index contributed by atoms with van der Waals surface area (Å²) in [4.78, 5) is 0. The van der Waals surface area contributed by atoms with Crippen molar-refractivity contribution in [2.45, 2.75) is 152 Å². The molecule has 0 spiro atoms. The molecule has 17 heteroatoms. The van der Waals surface area contributed by atoms with E-state index in [0.717, 1.165) is 50.1 Å². The Kier molecular flexibility index (Phi) is 28.5. The summed E-state index contributed by atoms with van der Waals surface area (Å²) in [5, 5.41) is 12.8. The summed E-state index contributed by atoms with van der Waals surface area (Å²) in [7, 11) is 1.62. The van der Waals surface area contributed by atoms with Gasteiger partial charge in [-0.3, -0.25) is 0 Å². The van der Waals surface area contributed by atoms with Crippen molar-refractivity contribution in [2.24, 2.45) is 0 Å². The number of aliphatic hydroxyl groups is 1. The quantitative estimate of drug-likeness (QED) is 0.0363. The first-order chi connectivity index (χ1) is 50.4. The van der Waals surface area contributed by atoms with Crippen LogP contribution < -0.4 is 4.74 Å². The molecule has 3 fully saturated rings. The maximum Gasteiger partial charge on any atom is 0.187 e. The summed E-state index contributed by atoms with van der Waals surface area (Å²) in [5.41, 5.74) is 8.10. The van der Waals surface area contributed by atoms with Crippen molar-refractivity contribution < 1.29 is 80.9 Å². The van der Waals surface area contributed by atoms with Gasteiger partial charge in [0.25, 0.3) is 0 Å². The van der Waals surface area contributed by atoms with Crippen LogP contribution in [-0.4, -0.2) is 131 Å². The highest BCUT2D eigenvalue weighted by atomic mass is 16.8. The number of benzene rings is 9. The highest BCUT2D eigenvalue weighted by Crippen LogP contribution is 2.39. The minimum absolute atomic E-state index is 0.0161. The highest BCUT2D eigenvalue weighted by molar-refractivity contribution is 5.27. The molecule has 9 aromatic carbocycles. The van der Waals surface area contributed by atoms with E-state index in [0.29, 0.717) is 5.75 Å². The largest absolute Gasteiger partial charge is 0.497 e. The van der Waals surface area contributed by atoms with Gasteiger partial charge >= 0.3 is 0 Å². The first-order valence-corrected chi connectivity index (χ1v) is 35.0. The molecule has 17 nitrogen and oxygen atoms in total. The Morgan fingerprint density at radius 2 is 0.559 bits per heavy atom. The van der Waals surface area contributed by atoms with E-state index in [1.165, 1.54) is 0 Å². The molecule has 0 aliphatic carbocycles. The highest BCUT2D eigenvalue weighted by Gasteiger charge is 2.57. The molecule has 3 saturated heterocycles. The first kappa shape index (κ1) is 73.6. The summed E-state index contributed by atoms with van der Waals surface area (Å²) in [6.45, 7) is 5.43. The fourth-order valence-corrected chi connectivity index (χ4v) is 12.7. The van der Waals surface area contributed by atoms with Gasteiger partial charge in [-0.2, -0.15) is 0 Å². The van der Waals surface area contributed by atoms with Crippen molar-refractivity contribution in [3.63, 3.8) is 0 Å². The molecule has 3 aliphatic heterocycles. The summed E-state index contributed by atoms with van der Waals surface area (Å²) >= 11 is 0. The maximum atomic E-state index is 12.8. The van der Waals surface area contributed by atoms with E-state index in [4.69, 9.17) is 75.8 Å². The predicted molar refractivity (Wildman–Crippen MR) is 383 cm³/mol. The van der Waals surface area contributed by atoms with Gasteiger partial charge in [0.1, 0.15) is 79.0 Å². The van der Waals surface area contributed by atoms with Gasteiger partial charge in [-0.05, 0) is 62.2 Å². The van der Waals surface area contributed by atoms with Crippen LogP contribution in [0.3, 0.4) is 0 Å². The predicted octanol–water partition coefficient (Wildman–Crippen LogP) is 13.7. The molecule has 0 aromatic heterocycles. The maximum absolute atomic E-state index is 12.8. The zero-order chi connectivity index (χ0) is 69.8. The molecule has 102 heavy (non-hydrogen) atoms. The molecule has 534 valence electrons. The smallest absolute Gasteiger partial charge is 0.187 e. The minimum Gasteiger partial charge on any atom is -0.497 e. The van der Waals surface area contributed by atoms with Gasteiger partial charge in [-0.1, -0.05) is 261 Å². The van der Waals surface area contributed by atoms with Crippen LogP contribution in [0.1, 0.15) is 50.1 Å². The standard InChI is InChI=1S/C85H92O17/c1-3-48-91-83-81(96-55-67-40-24-10-25-41-67)78(93-53-65-36-20-8-21-37-65)75(72(99-83)59-89-50-62-30-14-5-15-31-62)102-85-82(97-56-68-42-26-11-27-43-68)79(94-54-66-38-22-9-23-39-66)76(73(100-85)60-90-51-63-32-16-6-17-33-63)101-84-80(95-57-69-44-46-70(87-2)47-45-69)77(92-52-64-34-18-7-19-35-64)74(86)71(98-84)58-88-49-61-28-12-4-13-29-61/h3-47,71-86H,1,48-60H2,2H3/t71-,72-,73-,74-,75-,76-,77+,78+,79+,80+,81+,82+,83+,84+,85+/m1/s1. The Labute approximate surface area is 598 Å². The lowest BCUT2D eigenvalue weighted by atomic mass is 9.95. The number of ether oxygens (including phenoxy) is 16. The van der Waals surface area contributed by atoms with Crippen LogP contribution in [0.25, 0.3) is 0 Å². The fraction of sp³-hybridized carbons (Fsp3) is 0.341. The lowest BCUT2D eigenvalue weighted by Crippen LogP contribution is -2.68. The zero-order valence-electron chi connectivity index (χ0n) is 57.5. The van der Waals surface area contributed by atoms with E-state index in [1.54, 1.807) is 13.2 Å². The molecule has 0 saturated carbocycles. The van der Waals surface area contributed by atoms with Crippen LogP contribution in [0.2, 0.25) is 0 Å². The SMILES string of the molecule is C=CCO[C@H]1O[C@H](COCc2ccccc2)[C@@H](O[C@@H]2O[C@H](COCc3ccccc3)[C@@H](O[C@@H]3O[C@H](COCc4ccccc4)[C@@H](O)[C@H](OCc4ccccc4)[C@@H]3OCc3ccc(OC)cc3)[C@H](OCc3ccccc3)[C@@H]2OCc2ccccc2)[C@H](OCc2ccccc2)[C@@H]1OCc1ccccc1. The molecule has 0 radical (unpaired) electrons. The topological polar surface area (TPSA) is 168 Å². The van der Waals surface area contributed by atoms with E-state index >= 15 is 0 Å². The first-order valence-electron chi connectivity index (χ1n) is 35.0. The average Bonchev–Trinajstić information content (AvgIpc) is 0.765. The van der Waals surface area contributed by atoms with Crippen LogP contribution >= 0.6 is 0 Å². The molecule has 3 aliphatic rings.